The van der Waals surface area contributed by atoms with Gasteiger partial charge in [-0.15, -0.1) is 11.3 Å². The number of thiophene rings is 1. The van der Waals surface area contributed by atoms with Crippen molar-refractivity contribution in [3.63, 3.8) is 0 Å². The zero-order chi connectivity index (χ0) is 27.7. The topological polar surface area (TPSA) is 71.1 Å². The van der Waals surface area contributed by atoms with E-state index >= 15 is 0 Å². The fourth-order valence-electron chi connectivity index (χ4n) is 4.22. The van der Waals surface area contributed by atoms with E-state index in [-0.39, 0.29) is 24.5 Å². The van der Waals surface area contributed by atoms with E-state index in [4.69, 9.17) is 9.47 Å². The molecule has 38 heavy (non-hydrogen) atoms. The molecule has 0 fully saturated rings. The minimum Gasteiger partial charge on any atom is -0.493 e. The average molecular weight is 538 g/mol. The van der Waals surface area contributed by atoms with Crippen LogP contribution in [-0.4, -0.2) is 55.1 Å². The van der Waals surface area contributed by atoms with Gasteiger partial charge in [-0.2, -0.15) is 0 Å². The summed E-state index contributed by atoms with van der Waals surface area (Å²) in [4.78, 5) is 32.7. The van der Waals surface area contributed by atoms with E-state index in [9.17, 15) is 9.59 Å². The number of rotatable bonds is 12. The normalized spacial score (nSPS) is 10.8. The quantitative estimate of drug-likeness (QED) is 0.301. The third-order valence-electron chi connectivity index (χ3n) is 6.44. The Bertz CT molecular complexity index is 1220. The van der Waals surface area contributed by atoms with Crippen molar-refractivity contribution in [2.75, 3.05) is 32.6 Å². The highest BCUT2D eigenvalue weighted by atomic mass is 32.1. The zero-order valence-electron chi connectivity index (χ0n) is 23.2. The van der Waals surface area contributed by atoms with Gasteiger partial charge in [-0.3, -0.25) is 4.79 Å². The zero-order valence-corrected chi connectivity index (χ0v) is 24.1. The number of benzene rings is 2. The Balaban J connectivity index is 1.77. The number of hydrogen-bond acceptors (Lipinski definition) is 5. The smallest absolute Gasteiger partial charge is 0.322 e. The SMILES string of the molecule is CCc1ccccc1NC(=O)N(CC(=O)N(CCc1ccc(OC)c(OC)c1)Cc1ccc(C)s1)C(C)C. The number of amides is 3. The summed E-state index contributed by atoms with van der Waals surface area (Å²) in [5, 5.41) is 3.01. The molecule has 0 aliphatic rings. The number of aryl methyl sites for hydroxylation is 2. The van der Waals surface area contributed by atoms with Crippen molar-refractivity contribution >= 4 is 29.0 Å². The van der Waals surface area contributed by atoms with Crippen LogP contribution in [0.2, 0.25) is 0 Å². The summed E-state index contributed by atoms with van der Waals surface area (Å²) in [6.45, 7) is 8.97. The third kappa shape index (κ3) is 7.74. The van der Waals surface area contributed by atoms with Gasteiger partial charge in [-0.05, 0) is 75.1 Å². The molecule has 3 rings (SSSR count). The van der Waals surface area contributed by atoms with Crippen molar-refractivity contribution in [2.45, 2.75) is 53.1 Å². The number of nitrogens with zero attached hydrogens (tertiary/aromatic N) is 2. The van der Waals surface area contributed by atoms with Gasteiger partial charge in [0.2, 0.25) is 5.91 Å². The molecule has 0 aliphatic carbocycles. The van der Waals surface area contributed by atoms with Gasteiger partial charge in [-0.25, -0.2) is 4.79 Å². The molecule has 204 valence electrons. The molecular weight excluding hydrogens is 498 g/mol. The van der Waals surface area contributed by atoms with Gasteiger partial charge in [-0.1, -0.05) is 31.2 Å². The van der Waals surface area contributed by atoms with Crippen molar-refractivity contribution < 1.29 is 19.1 Å². The molecule has 3 amide bonds. The predicted molar refractivity (Wildman–Crippen MR) is 154 cm³/mol. The van der Waals surface area contributed by atoms with Crippen molar-refractivity contribution in [1.29, 1.82) is 0 Å². The molecule has 2 aromatic carbocycles. The monoisotopic (exact) mass is 537 g/mol. The third-order valence-corrected chi connectivity index (χ3v) is 7.43. The lowest BCUT2D eigenvalue weighted by atomic mass is 10.1. The number of nitrogens with one attached hydrogen (secondary N) is 1. The van der Waals surface area contributed by atoms with E-state index in [2.05, 4.69) is 31.3 Å². The first-order valence-corrected chi connectivity index (χ1v) is 13.8. The second kappa shape index (κ2) is 13.9. The van der Waals surface area contributed by atoms with Gasteiger partial charge in [0, 0.05) is 28.0 Å². The first-order valence-electron chi connectivity index (χ1n) is 12.9. The Morgan fingerprint density at radius 1 is 1.00 bits per heavy atom. The number of para-hydroxylation sites is 1. The minimum atomic E-state index is -0.277. The van der Waals surface area contributed by atoms with Crippen LogP contribution in [0.5, 0.6) is 11.5 Å². The molecule has 0 saturated carbocycles. The minimum absolute atomic E-state index is 0.00587. The molecule has 1 N–H and O–H groups in total. The molecule has 0 bridgehead atoms. The summed E-state index contributed by atoms with van der Waals surface area (Å²) in [6.07, 6.45) is 1.45. The fraction of sp³-hybridized carbons (Fsp3) is 0.400. The van der Waals surface area contributed by atoms with Crippen LogP contribution in [0.15, 0.2) is 54.6 Å². The fourth-order valence-corrected chi connectivity index (χ4v) is 5.13. The van der Waals surface area contributed by atoms with Crippen LogP contribution in [0.4, 0.5) is 10.5 Å². The van der Waals surface area contributed by atoms with Gasteiger partial charge in [0.05, 0.1) is 20.8 Å². The van der Waals surface area contributed by atoms with Crippen LogP contribution in [-0.2, 0) is 24.2 Å². The highest BCUT2D eigenvalue weighted by Gasteiger charge is 2.24. The van der Waals surface area contributed by atoms with Gasteiger partial charge in [0.25, 0.3) is 0 Å². The summed E-state index contributed by atoms with van der Waals surface area (Å²) >= 11 is 1.68. The Morgan fingerprint density at radius 2 is 1.74 bits per heavy atom. The molecule has 7 nitrogen and oxygen atoms in total. The number of carbonyl (C=O) groups is 2. The maximum Gasteiger partial charge on any atom is 0.322 e. The van der Waals surface area contributed by atoms with E-state index in [1.54, 1.807) is 30.5 Å². The average Bonchev–Trinajstić information content (AvgIpc) is 3.33. The molecule has 0 spiro atoms. The van der Waals surface area contributed by atoms with Crippen LogP contribution < -0.4 is 14.8 Å². The lowest BCUT2D eigenvalue weighted by Gasteiger charge is -2.30. The van der Waals surface area contributed by atoms with Crippen LogP contribution in [0.25, 0.3) is 0 Å². The molecular formula is C30H39N3O4S. The first kappa shape index (κ1) is 29.0. The van der Waals surface area contributed by atoms with E-state index in [0.717, 1.165) is 28.1 Å². The first-order chi connectivity index (χ1) is 18.2. The highest BCUT2D eigenvalue weighted by molar-refractivity contribution is 7.11. The largest absolute Gasteiger partial charge is 0.493 e. The molecule has 0 radical (unpaired) electrons. The van der Waals surface area contributed by atoms with Crippen LogP contribution in [0, 0.1) is 6.92 Å². The van der Waals surface area contributed by atoms with Crippen LogP contribution in [0.3, 0.4) is 0 Å². The van der Waals surface area contributed by atoms with Gasteiger partial charge in [0.15, 0.2) is 11.5 Å². The summed E-state index contributed by atoms with van der Waals surface area (Å²) in [5.74, 6) is 1.23. The second-order valence-electron chi connectivity index (χ2n) is 9.43. The predicted octanol–water partition coefficient (Wildman–Crippen LogP) is 6.15. The Kier molecular flexibility index (Phi) is 10.6. The number of urea groups is 1. The molecule has 1 aromatic heterocycles. The lowest BCUT2D eigenvalue weighted by Crippen LogP contribution is -2.47. The summed E-state index contributed by atoms with van der Waals surface area (Å²) < 4.78 is 10.8. The van der Waals surface area contributed by atoms with Gasteiger partial charge >= 0.3 is 6.03 Å². The molecule has 0 unspecified atom stereocenters. The lowest BCUT2D eigenvalue weighted by molar-refractivity contribution is -0.132. The maximum absolute atomic E-state index is 13.7. The Morgan fingerprint density at radius 3 is 2.37 bits per heavy atom. The molecule has 8 heteroatoms. The maximum atomic E-state index is 13.7. The number of ether oxygens (including phenoxy) is 2. The van der Waals surface area contributed by atoms with E-state index in [1.807, 2.05) is 61.2 Å². The summed E-state index contributed by atoms with van der Waals surface area (Å²) in [7, 11) is 3.22. The van der Waals surface area contributed by atoms with E-state index < -0.39 is 0 Å². The van der Waals surface area contributed by atoms with Gasteiger partial charge < -0.3 is 24.6 Å². The van der Waals surface area contributed by atoms with Crippen molar-refractivity contribution in [3.05, 3.63) is 75.5 Å². The number of methoxy groups -OCH3 is 2. The van der Waals surface area contributed by atoms with Crippen molar-refractivity contribution in [1.82, 2.24) is 9.80 Å². The molecule has 0 aliphatic heterocycles. The van der Waals surface area contributed by atoms with Crippen molar-refractivity contribution in [3.8, 4) is 11.5 Å². The van der Waals surface area contributed by atoms with Crippen molar-refractivity contribution in [2.24, 2.45) is 0 Å². The molecule has 0 saturated heterocycles. The summed E-state index contributed by atoms with van der Waals surface area (Å²) in [6, 6.07) is 17.3. The Labute approximate surface area is 230 Å². The van der Waals surface area contributed by atoms with Gasteiger partial charge in [0.1, 0.15) is 6.54 Å². The highest BCUT2D eigenvalue weighted by Crippen LogP contribution is 2.28. The summed E-state index contributed by atoms with van der Waals surface area (Å²) in [5.41, 5.74) is 2.87. The van der Waals surface area contributed by atoms with Crippen LogP contribution >= 0.6 is 11.3 Å². The number of carbonyl (C=O) groups excluding carboxylic acids is 2. The standard InChI is InChI=1S/C30H39N3O4S/c1-7-24-10-8-9-11-26(24)31-30(35)33(21(2)3)20-29(34)32(19-25-14-12-22(4)38-25)17-16-23-13-15-27(36-5)28(18-23)37-6/h8-15,18,21H,7,16-17,19-20H2,1-6H3,(H,31,35). The molecule has 0 atom stereocenters. The molecule has 1 heterocycles. The Hall–Kier alpha value is -3.52. The number of hydrogen-bond donors (Lipinski definition) is 1. The second-order valence-corrected chi connectivity index (χ2v) is 10.8. The van der Waals surface area contributed by atoms with E-state index in [1.165, 1.54) is 4.88 Å². The number of anilines is 1. The van der Waals surface area contributed by atoms with Crippen LogP contribution in [0.1, 0.15) is 41.7 Å². The molecule has 3 aromatic rings. The van der Waals surface area contributed by atoms with E-state index in [0.29, 0.717) is 31.0 Å².